The molecule has 0 bridgehead atoms. The molecule has 5 heteroatoms. The van der Waals surface area contributed by atoms with Gasteiger partial charge < -0.3 is 10.8 Å². The van der Waals surface area contributed by atoms with Crippen LogP contribution in [0.2, 0.25) is 0 Å². The zero-order valence-electron chi connectivity index (χ0n) is 9.69. The van der Waals surface area contributed by atoms with Gasteiger partial charge in [0.1, 0.15) is 5.78 Å². The van der Waals surface area contributed by atoms with Gasteiger partial charge in [-0.3, -0.25) is 14.5 Å². The van der Waals surface area contributed by atoms with Gasteiger partial charge in [0.2, 0.25) is 0 Å². The predicted molar refractivity (Wildman–Crippen MR) is 60.1 cm³/mol. The maximum absolute atomic E-state index is 11.0. The highest BCUT2D eigenvalue weighted by Gasteiger charge is 2.23. The van der Waals surface area contributed by atoms with Gasteiger partial charge in [0.25, 0.3) is 0 Å². The maximum Gasteiger partial charge on any atom is 0.317 e. The van der Waals surface area contributed by atoms with Crippen molar-refractivity contribution in [2.45, 2.75) is 32.2 Å². The number of ketones is 1. The molecule has 0 radical (unpaired) electrons. The van der Waals surface area contributed by atoms with Gasteiger partial charge in [0.15, 0.2) is 0 Å². The lowest BCUT2D eigenvalue weighted by molar-refractivity contribution is -0.138. The second kappa shape index (κ2) is 5.96. The summed E-state index contributed by atoms with van der Waals surface area (Å²) < 4.78 is 0. The molecule has 1 aliphatic rings. The van der Waals surface area contributed by atoms with E-state index in [0.717, 1.165) is 32.4 Å². The van der Waals surface area contributed by atoms with Gasteiger partial charge in [-0.05, 0) is 45.2 Å². The van der Waals surface area contributed by atoms with Gasteiger partial charge in [-0.15, -0.1) is 0 Å². The minimum Gasteiger partial charge on any atom is -0.480 e. The standard InChI is InChI=1S/C11H20N2O3/c1-8(14)10(12)6-9-2-4-13(5-3-9)7-11(15)16/h9-10H,2-7,12H2,1H3,(H,15,16)/t10-/m0/s1. The van der Waals surface area contributed by atoms with Crippen LogP contribution in [0.25, 0.3) is 0 Å². The van der Waals surface area contributed by atoms with Crippen molar-refractivity contribution in [3.05, 3.63) is 0 Å². The third kappa shape index (κ3) is 4.28. The van der Waals surface area contributed by atoms with E-state index in [1.54, 1.807) is 0 Å². The molecule has 0 amide bonds. The van der Waals surface area contributed by atoms with Crippen molar-refractivity contribution < 1.29 is 14.7 Å². The first-order chi connectivity index (χ1) is 7.49. The molecule has 1 aliphatic heterocycles. The Morgan fingerprint density at radius 1 is 1.44 bits per heavy atom. The Bertz CT molecular complexity index is 260. The summed E-state index contributed by atoms with van der Waals surface area (Å²) in [6.45, 7) is 3.22. The van der Waals surface area contributed by atoms with E-state index in [4.69, 9.17) is 10.8 Å². The number of hydrogen-bond acceptors (Lipinski definition) is 4. The molecule has 0 unspecified atom stereocenters. The number of aliphatic carboxylic acids is 1. The summed E-state index contributed by atoms with van der Waals surface area (Å²) >= 11 is 0. The van der Waals surface area contributed by atoms with Gasteiger partial charge in [-0.1, -0.05) is 0 Å². The Hall–Kier alpha value is -0.940. The van der Waals surface area contributed by atoms with Crippen molar-refractivity contribution in [1.82, 2.24) is 4.90 Å². The Labute approximate surface area is 95.6 Å². The molecule has 0 aromatic rings. The number of carbonyl (C=O) groups excluding carboxylic acids is 1. The van der Waals surface area contributed by atoms with Crippen LogP contribution in [0, 0.1) is 5.92 Å². The van der Waals surface area contributed by atoms with Crippen molar-refractivity contribution in [3.8, 4) is 0 Å². The lowest BCUT2D eigenvalue weighted by Crippen LogP contribution is -2.39. The Balaban J connectivity index is 2.26. The van der Waals surface area contributed by atoms with Crippen molar-refractivity contribution in [1.29, 1.82) is 0 Å². The zero-order chi connectivity index (χ0) is 12.1. The number of hydrogen-bond donors (Lipinski definition) is 2. The molecule has 1 saturated heterocycles. The lowest BCUT2D eigenvalue weighted by Gasteiger charge is -2.31. The zero-order valence-corrected chi connectivity index (χ0v) is 9.69. The summed E-state index contributed by atoms with van der Waals surface area (Å²) in [5.41, 5.74) is 5.71. The molecule has 0 saturated carbocycles. The summed E-state index contributed by atoms with van der Waals surface area (Å²) in [5.74, 6) is -0.282. The molecule has 16 heavy (non-hydrogen) atoms. The molecule has 1 fully saturated rings. The highest BCUT2D eigenvalue weighted by molar-refractivity contribution is 5.81. The monoisotopic (exact) mass is 228 g/mol. The molecule has 1 rings (SSSR count). The number of rotatable bonds is 5. The highest BCUT2D eigenvalue weighted by atomic mass is 16.4. The smallest absolute Gasteiger partial charge is 0.317 e. The molecule has 92 valence electrons. The van der Waals surface area contributed by atoms with E-state index < -0.39 is 5.97 Å². The minimum atomic E-state index is -0.779. The molecule has 1 atom stereocenters. The third-order valence-electron chi connectivity index (χ3n) is 3.18. The topological polar surface area (TPSA) is 83.6 Å². The van der Waals surface area contributed by atoms with Crippen molar-refractivity contribution in [3.63, 3.8) is 0 Å². The number of carboxylic acids is 1. The van der Waals surface area contributed by atoms with E-state index in [9.17, 15) is 9.59 Å². The average molecular weight is 228 g/mol. The van der Waals surface area contributed by atoms with Crippen molar-refractivity contribution in [2.24, 2.45) is 11.7 Å². The van der Waals surface area contributed by atoms with E-state index in [2.05, 4.69) is 0 Å². The molecule has 0 aliphatic carbocycles. The van der Waals surface area contributed by atoms with E-state index in [1.165, 1.54) is 6.92 Å². The van der Waals surface area contributed by atoms with Gasteiger partial charge in [-0.25, -0.2) is 0 Å². The van der Waals surface area contributed by atoms with Crippen LogP contribution in [0.5, 0.6) is 0 Å². The number of piperidine rings is 1. The summed E-state index contributed by atoms with van der Waals surface area (Å²) in [5, 5.41) is 8.64. The van der Waals surface area contributed by atoms with Gasteiger partial charge in [0, 0.05) is 0 Å². The number of carbonyl (C=O) groups is 2. The molecule has 3 N–H and O–H groups in total. The average Bonchev–Trinajstić information content (AvgIpc) is 2.20. The Morgan fingerprint density at radius 3 is 2.44 bits per heavy atom. The molecule has 1 heterocycles. The van der Waals surface area contributed by atoms with Crippen LogP contribution >= 0.6 is 0 Å². The highest BCUT2D eigenvalue weighted by Crippen LogP contribution is 2.21. The SMILES string of the molecule is CC(=O)[C@@H](N)CC1CCN(CC(=O)O)CC1. The van der Waals surface area contributed by atoms with Crippen LogP contribution in [0.15, 0.2) is 0 Å². The summed E-state index contributed by atoms with van der Waals surface area (Å²) in [6, 6.07) is -0.351. The number of carboxylic acid groups (broad SMARTS) is 1. The number of nitrogens with zero attached hydrogens (tertiary/aromatic N) is 1. The molecule has 5 nitrogen and oxygen atoms in total. The number of likely N-dealkylation sites (tertiary alicyclic amines) is 1. The lowest BCUT2D eigenvalue weighted by atomic mass is 9.89. The van der Waals surface area contributed by atoms with E-state index in [1.807, 2.05) is 4.90 Å². The number of nitrogens with two attached hydrogens (primary N) is 1. The predicted octanol–water partition coefficient (Wildman–Crippen LogP) is 0.0894. The Morgan fingerprint density at radius 2 is 2.00 bits per heavy atom. The van der Waals surface area contributed by atoms with Crippen LogP contribution in [0.4, 0.5) is 0 Å². The normalized spacial score (nSPS) is 20.6. The van der Waals surface area contributed by atoms with E-state index >= 15 is 0 Å². The first-order valence-electron chi connectivity index (χ1n) is 5.69. The largest absolute Gasteiger partial charge is 0.480 e. The maximum atomic E-state index is 11.0. The molecular weight excluding hydrogens is 208 g/mol. The van der Waals surface area contributed by atoms with Crippen molar-refractivity contribution >= 4 is 11.8 Å². The molecule has 0 aromatic heterocycles. The van der Waals surface area contributed by atoms with Crippen molar-refractivity contribution in [2.75, 3.05) is 19.6 Å². The first kappa shape index (κ1) is 13.1. The fourth-order valence-electron chi connectivity index (χ4n) is 2.10. The van der Waals surface area contributed by atoms with Gasteiger partial charge in [-0.2, -0.15) is 0 Å². The van der Waals surface area contributed by atoms with Gasteiger partial charge in [0.05, 0.1) is 12.6 Å². The van der Waals surface area contributed by atoms with E-state index in [0.29, 0.717) is 5.92 Å². The minimum absolute atomic E-state index is 0.0352. The van der Waals surface area contributed by atoms with Gasteiger partial charge >= 0.3 is 5.97 Å². The fourth-order valence-corrected chi connectivity index (χ4v) is 2.10. The van der Waals surface area contributed by atoms with Crippen LogP contribution in [0.3, 0.4) is 0 Å². The summed E-state index contributed by atoms with van der Waals surface area (Å²) in [7, 11) is 0. The van der Waals surface area contributed by atoms with Crippen LogP contribution in [-0.4, -0.2) is 47.4 Å². The van der Waals surface area contributed by atoms with Crippen LogP contribution in [0.1, 0.15) is 26.2 Å². The van der Waals surface area contributed by atoms with Crippen LogP contribution in [-0.2, 0) is 9.59 Å². The molecular formula is C11H20N2O3. The second-order valence-corrected chi connectivity index (χ2v) is 4.57. The van der Waals surface area contributed by atoms with E-state index in [-0.39, 0.29) is 18.4 Å². The second-order valence-electron chi connectivity index (χ2n) is 4.57. The fraction of sp³-hybridized carbons (Fsp3) is 0.818. The third-order valence-corrected chi connectivity index (χ3v) is 3.18. The first-order valence-corrected chi connectivity index (χ1v) is 5.69. The number of Topliss-reactive ketones (excluding diaryl/α,β-unsaturated/α-hetero) is 1. The molecule has 0 aromatic carbocycles. The summed E-state index contributed by atoms with van der Waals surface area (Å²) in [4.78, 5) is 23.5. The quantitative estimate of drug-likeness (QED) is 0.696. The molecule has 0 spiro atoms. The van der Waals surface area contributed by atoms with Crippen LogP contribution < -0.4 is 5.73 Å². The Kier molecular flexibility index (Phi) is 4.89. The summed E-state index contributed by atoms with van der Waals surface area (Å²) in [6.07, 6.45) is 2.61.